The summed E-state index contributed by atoms with van der Waals surface area (Å²) in [7, 11) is 0. The van der Waals surface area contributed by atoms with E-state index >= 15 is 0 Å². The van der Waals surface area contributed by atoms with Crippen molar-refractivity contribution in [1.82, 2.24) is 0 Å². The van der Waals surface area contributed by atoms with Crippen molar-refractivity contribution in [3.05, 3.63) is 0 Å². The maximum absolute atomic E-state index is 10.3. The fourth-order valence-electron chi connectivity index (χ4n) is 0.347. The van der Waals surface area contributed by atoms with Gasteiger partial charge in [0.1, 0.15) is 0 Å². The summed E-state index contributed by atoms with van der Waals surface area (Å²) in [6, 6.07) is 0. The van der Waals surface area contributed by atoms with Crippen molar-refractivity contribution < 1.29 is 15.0 Å². The minimum Gasteiger partial charge on any atom is -0.479 e. The molecule has 2 N–H and O–H groups in total. The molecule has 10 heavy (non-hydrogen) atoms. The number of hydrogen-bond acceptors (Lipinski definition) is 2. The number of carboxylic acids is 1. The van der Waals surface area contributed by atoms with E-state index in [1.54, 1.807) is 0 Å². The average molecular weight is 142 g/mol. The molecular weight excluding hydrogens is 132 g/mol. The Bertz CT molecular complexity index is 176. The topological polar surface area (TPSA) is 57.5 Å². The molecule has 0 aromatic heterocycles. The van der Waals surface area contributed by atoms with Gasteiger partial charge in [-0.1, -0.05) is 5.92 Å². The normalized spacial score (nSPS) is 18.6. The average Bonchev–Trinajstić information content (AvgIpc) is 1.86. The second kappa shape index (κ2) is 2.72. The number of terminal acetylenes is 1. The SMILES string of the molecule is C#C[C@H](C)[C@](C)(O)C(=O)O. The van der Waals surface area contributed by atoms with Gasteiger partial charge in [0.15, 0.2) is 5.60 Å². The molecule has 0 bridgehead atoms. The van der Waals surface area contributed by atoms with Crippen molar-refractivity contribution in [1.29, 1.82) is 0 Å². The summed E-state index contributed by atoms with van der Waals surface area (Å²) in [6.07, 6.45) is 4.92. The highest BCUT2D eigenvalue weighted by Crippen LogP contribution is 2.15. The minimum absolute atomic E-state index is 0.676. The predicted octanol–water partition coefficient (Wildman–Crippen LogP) is 0.0913. The molecule has 56 valence electrons. The third kappa shape index (κ3) is 1.49. The first-order chi connectivity index (χ1) is 4.42. The van der Waals surface area contributed by atoms with Crippen LogP contribution in [0.4, 0.5) is 0 Å². The standard InChI is InChI=1S/C7H10O3/c1-4-5(2)7(3,10)6(8)9/h1,5,10H,2-3H3,(H,8,9)/t5-,7-/m0/s1. The molecule has 0 aliphatic carbocycles. The molecule has 0 unspecified atom stereocenters. The first-order valence-electron chi connectivity index (χ1n) is 2.84. The third-order valence-corrected chi connectivity index (χ3v) is 1.53. The van der Waals surface area contributed by atoms with Gasteiger partial charge in [0.2, 0.25) is 0 Å². The highest BCUT2D eigenvalue weighted by atomic mass is 16.4. The van der Waals surface area contributed by atoms with Crippen molar-refractivity contribution >= 4 is 5.97 Å². The summed E-state index contributed by atoms with van der Waals surface area (Å²) in [4.78, 5) is 10.3. The fraction of sp³-hybridized carbons (Fsp3) is 0.571. The Morgan fingerprint density at radius 1 is 1.80 bits per heavy atom. The Kier molecular flexibility index (Phi) is 2.44. The van der Waals surface area contributed by atoms with E-state index in [4.69, 9.17) is 16.6 Å². The van der Waals surface area contributed by atoms with Crippen molar-refractivity contribution in [2.45, 2.75) is 19.4 Å². The Morgan fingerprint density at radius 2 is 2.20 bits per heavy atom. The summed E-state index contributed by atoms with van der Waals surface area (Å²) in [5, 5.41) is 17.5. The molecule has 0 spiro atoms. The van der Waals surface area contributed by atoms with Gasteiger partial charge in [0.25, 0.3) is 0 Å². The number of carboxylic acid groups (broad SMARTS) is 1. The number of hydrogen-bond donors (Lipinski definition) is 2. The lowest BCUT2D eigenvalue weighted by Gasteiger charge is -2.20. The van der Waals surface area contributed by atoms with E-state index in [9.17, 15) is 4.79 Å². The van der Waals surface area contributed by atoms with Crippen LogP contribution in [0.25, 0.3) is 0 Å². The van der Waals surface area contributed by atoms with Gasteiger partial charge in [0.05, 0.1) is 5.92 Å². The molecule has 2 atom stereocenters. The molecule has 0 heterocycles. The van der Waals surface area contributed by atoms with Gasteiger partial charge in [-0.05, 0) is 13.8 Å². The van der Waals surface area contributed by atoms with Crippen LogP contribution in [0.2, 0.25) is 0 Å². The van der Waals surface area contributed by atoms with Crippen LogP contribution in [0.3, 0.4) is 0 Å². The van der Waals surface area contributed by atoms with Crippen molar-refractivity contribution in [2.24, 2.45) is 5.92 Å². The smallest absolute Gasteiger partial charge is 0.336 e. The van der Waals surface area contributed by atoms with Crippen LogP contribution in [-0.4, -0.2) is 21.8 Å². The predicted molar refractivity (Wildman–Crippen MR) is 36.3 cm³/mol. The lowest BCUT2D eigenvalue weighted by Crippen LogP contribution is -2.40. The van der Waals surface area contributed by atoms with E-state index < -0.39 is 17.5 Å². The molecule has 0 aromatic rings. The molecule has 0 aromatic carbocycles. The maximum atomic E-state index is 10.3. The summed E-state index contributed by atoms with van der Waals surface area (Å²) < 4.78 is 0. The van der Waals surface area contributed by atoms with E-state index in [1.165, 1.54) is 13.8 Å². The molecule has 3 nitrogen and oxygen atoms in total. The summed E-state index contributed by atoms with van der Waals surface area (Å²) in [5.41, 5.74) is -1.81. The molecular formula is C7H10O3. The van der Waals surface area contributed by atoms with Crippen LogP contribution in [0.1, 0.15) is 13.8 Å². The lowest BCUT2D eigenvalue weighted by molar-refractivity contribution is -0.159. The Labute approximate surface area is 59.7 Å². The van der Waals surface area contributed by atoms with Crippen LogP contribution in [0.5, 0.6) is 0 Å². The molecule has 0 saturated heterocycles. The van der Waals surface area contributed by atoms with Gasteiger partial charge in [-0.3, -0.25) is 0 Å². The van der Waals surface area contributed by atoms with Gasteiger partial charge in [-0.15, -0.1) is 6.42 Å². The Hall–Kier alpha value is -1.01. The third-order valence-electron chi connectivity index (χ3n) is 1.53. The van der Waals surface area contributed by atoms with Crippen LogP contribution in [-0.2, 0) is 4.79 Å². The first kappa shape index (κ1) is 8.99. The van der Waals surface area contributed by atoms with Crippen molar-refractivity contribution in [3.8, 4) is 12.3 Å². The number of rotatable bonds is 2. The number of aliphatic hydroxyl groups is 1. The van der Waals surface area contributed by atoms with Crippen LogP contribution in [0.15, 0.2) is 0 Å². The van der Waals surface area contributed by atoms with E-state index in [0.717, 1.165) is 0 Å². The summed E-state index contributed by atoms with van der Waals surface area (Å²) in [5.74, 6) is 0.186. The molecule has 0 fully saturated rings. The molecule has 0 saturated carbocycles. The van der Waals surface area contributed by atoms with E-state index in [2.05, 4.69) is 5.92 Å². The van der Waals surface area contributed by atoms with Crippen LogP contribution < -0.4 is 0 Å². The maximum Gasteiger partial charge on any atom is 0.336 e. The fourth-order valence-corrected chi connectivity index (χ4v) is 0.347. The molecule has 0 rings (SSSR count). The monoisotopic (exact) mass is 142 g/mol. The van der Waals surface area contributed by atoms with E-state index in [0.29, 0.717) is 0 Å². The zero-order valence-corrected chi connectivity index (χ0v) is 5.96. The van der Waals surface area contributed by atoms with Crippen LogP contribution in [0, 0.1) is 18.3 Å². The zero-order valence-electron chi connectivity index (χ0n) is 5.96. The van der Waals surface area contributed by atoms with E-state index in [-0.39, 0.29) is 0 Å². The molecule has 0 radical (unpaired) electrons. The number of carbonyl (C=O) groups is 1. The highest BCUT2D eigenvalue weighted by Gasteiger charge is 2.35. The van der Waals surface area contributed by atoms with E-state index in [1.807, 2.05) is 0 Å². The molecule has 3 heteroatoms. The Morgan fingerprint density at radius 3 is 2.30 bits per heavy atom. The minimum atomic E-state index is -1.81. The second-order valence-electron chi connectivity index (χ2n) is 2.34. The second-order valence-corrected chi connectivity index (χ2v) is 2.34. The molecule has 0 aliphatic heterocycles. The van der Waals surface area contributed by atoms with Crippen molar-refractivity contribution in [2.75, 3.05) is 0 Å². The highest BCUT2D eigenvalue weighted by molar-refractivity contribution is 5.77. The summed E-state index contributed by atoms with van der Waals surface area (Å²) >= 11 is 0. The van der Waals surface area contributed by atoms with Crippen molar-refractivity contribution in [3.63, 3.8) is 0 Å². The molecule has 0 aliphatic rings. The summed E-state index contributed by atoms with van der Waals surface area (Å²) in [6.45, 7) is 2.66. The quantitative estimate of drug-likeness (QED) is 0.537. The van der Waals surface area contributed by atoms with Gasteiger partial charge in [-0.25, -0.2) is 4.79 Å². The number of aliphatic carboxylic acids is 1. The zero-order chi connectivity index (χ0) is 8.36. The lowest BCUT2D eigenvalue weighted by atomic mass is 9.92. The van der Waals surface area contributed by atoms with Crippen LogP contribution >= 0.6 is 0 Å². The van der Waals surface area contributed by atoms with Gasteiger partial charge in [-0.2, -0.15) is 0 Å². The largest absolute Gasteiger partial charge is 0.479 e. The van der Waals surface area contributed by atoms with Gasteiger partial charge < -0.3 is 10.2 Å². The van der Waals surface area contributed by atoms with Gasteiger partial charge in [0, 0.05) is 0 Å². The first-order valence-corrected chi connectivity index (χ1v) is 2.84. The molecule has 0 amide bonds. The Balaban J connectivity index is 4.43. The van der Waals surface area contributed by atoms with Gasteiger partial charge >= 0.3 is 5.97 Å².